The second-order valence-electron chi connectivity index (χ2n) is 2.75. The molecule has 0 fully saturated rings. The van der Waals surface area contributed by atoms with Gasteiger partial charge in [0.05, 0.1) is 0 Å². The van der Waals surface area contributed by atoms with E-state index in [1.54, 1.807) is 0 Å². The second kappa shape index (κ2) is 2.12. The summed E-state index contributed by atoms with van der Waals surface area (Å²) in [4.78, 5) is 0. The SMILES string of the molecule is Cc1cc2cc[c]c-2oc1C. The average Bonchev–Trinajstić information content (AvgIpc) is 2.36. The van der Waals surface area contributed by atoms with Crippen molar-refractivity contribution in [2.75, 3.05) is 0 Å². The maximum Gasteiger partial charge on any atom is 0.142 e. The average molecular weight is 145 g/mol. The molecule has 0 aromatic carbocycles. The lowest BCUT2D eigenvalue weighted by Gasteiger charge is -2.02. The molecular formula is C10H9O. The van der Waals surface area contributed by atoms with Crippen molar-refractivity contribution in [2.24, 2.45) is 0 Å². The third kappa shape index (κ3) is 0.929. The van der Waals surface area contributed by atoms with Gasteiger partial charge in [-0.3, -0.25) is 0 Å². The summed E-state index contributed by atoms with van der Waals surface area (Å²) in [7, 11) is 0. The van der Waals surface area contributed by atoms with Gasteiger partial charge in [0, 0.05) is 11.6 Å². The third-order valence-corrected chi connectivity index (χ3v) is 1.92. The topological polar surface area (TPSA) is 13.1 Å². The number of hydrogen-bond acceptors (Lipinski definition) is 1. The first-order chi connectivity index (χ1) is 5.27. The molecule has 0 N–H and O–H groups in total. The summed E-state index contributed by atoms with van der Waals surface area (Å²) in [5.74, 6) is 1.83. The van der Waals surface area contributed by atoms with Crippen LogP contribution in [0.1, 0.15) is 11.3 Å². The summed E-state index contributed by atoms with van der Waals surface area (Å²) in [6.45, 7) is 4.01. The van der Waals surface area contributed by atoms with E-state index in [-0.39, 0.29) is 0 Å². The van der Waals surface area contributed by atoms with Gasteiger partial charge in [0.1, 0.15) is 11.5 Å². The standard InChI is InChI=1S/C10H9O/c1-7-6-9-4-3-5-10(9)11-8(7)2/h3-4,6H,1-2H3. The minimum absolute atomic E-state index is 0.855. The van der Waals surface area contributed by atoms with Crippen LogP contribution >= 0.6 is 0 Å². The van der Waals surface area contributed by atoms with E-state index >= 15 is 0 Å². The molecule has 0 atom stereocenters. The molecule has 0 amide bonds. The van der Waals surface area contributed by atoms with Crippen LogP contribution in [0.3, 0.4) is 0 Å². The lowest BCUT2D eigenvalue weighted by molar-refractivity contribution is 0.526. The van der Waals surface area contributed by atoms with E-state index < -0.39 is 0 Å². The van der Waals surface area contributed by atoms with Crippen molar-refractivity contribution < 1.29 is 4.42 Å². The van der Waals surface area contributed by atoms with Gasteiger partial charge < -0.3 is 4.42 Å². The van der Waals surface area contributed by atoms with Crippen LogP contribution in [0.4, 0.5) is 0 Å². The number of fused-ring (bicyclic) bond motifs is 1. The number of rotatable bonds is 0. The van der Waals surface area contributed by atoms with Gasteiger partial charge in [0.25, 0.3) is 0 Å². The first kappa shape index (κ1) is 6.47. The van der Waals surface area contributed by atoms with E-state index in [1.165, 1.54) is 5.56 Å². The van der Waals surface area contributed by atoms with E-state index in [9.17, 15) is 0 Å². The minimum Gasteiger partial charge on any atom is -0.460 e. The highest BCUT2D eigenvalue weighted by Gasteiger charge is 2.05. The van der Waals surface area contributed by atoms with Crippen LogP contribution in [-0.4, -0.2) is 0 Å². The molecule has 1 nitrogen and oxygen atoms in total. The molecule has 0 saturated heterocycles. The van der Waals surface area contributed by atoms with Gasteiger partial charge in [-0.2, -0.15) is 0 Å². The quantitative estimate of drug-likeness (QED) is 0.555. The maximum atomic E-state index is 5.48. The Labute approximate surface area is 66.0 Å². The molecule has 11 heavy (non-hydrogen) atoms. The lowest BCUT2D eigenvalue weighted by Crippen LogP contribution is -1.82. The van der Waals surface area contributed by atoms with Gasteiger partial charge in [-0.05, 0) is 31.5 Å². The number of hydrogen-bond donors (Lipinski definition) is 0. The Morgan fingerprint density at radius 1 is 1.36 bits per heavy atom. The van der Waals surface area contributed by atoms with Crippen molar-refractivity contribution in [3.05, 3.63) is 35.6 Å². The largest absolute Gasteiger partial charge is 0.460 e. The Morgan fingerprint density at radius 3 is 3.00 bits per heavy atom. The summed E-state index contributed by atoms with van der Waals surface area (Å²) in [5.41, 5.74) is 2.32. The maximum absolute atomic E-state index is 5.48. The molecule has 0 spiro atoms. The Kier molecular flexibility index (Phi) is 1.25. The van der Waals surface area contributed by atoms with Crippen LogP contribution in [-0.2, 0) is 0 Å². The Morgan fingerprint density at radius 2 is 2.18 bits per heavy atom. The molecule has 0 unspecified atom stereocenters. The van der Waals surface area contributed by atoms with Crippen LogP contribution in [0.15, 0.2) is 22.6 Å². The fraction of sp³-hybridized carbons (Fsp3) is 0.200. The predicted octanol–water partition coefficient (Wildman–Crippen LogP) is 2.80. The molecule has 1 radical (unpaired) electrons. The molecule has 0 saturated carbocycles. The Balaban J connectivity index is 2.77. The van der Waals surface area contributed by atoms with Crippen LogP contribution in [0.5, 0.6) is 0 Å². The molecule has 0 aromatic rings. The molecule has 0 aromatic heterocycles. The van der Waals surface area contributed by atoms with Crippen LogP contribution in [0.2, 0.25) is 0 Å². The van der Waals surface area contributed by atoms with Gasteiger partial charge in [-0.25, -0.2) is 0 Å². The zero-order valence-corrected chi connectivity index (χ0v) is 6.64. The first-order valence-electron chi connectivity index (χ1n) is 3.65. The first-order valence-corrected chi connectivity index (χ1v) is 3.65. The third-order valence-electron chi connectivity index (χ3n) is 1.92. The molecule has 1 heterocycles. The van der Waals surface area contributed by atoms with Gasteiger partial charge >= 0.3 is 0 Å². The van der Waals surface area contributed by atoms with Crippen molar-refractivity contribution >= 4 is 0 Å². The van der Waals surface area contributed by atoms with E-state index in [2.05, 4.69) is 12.1 Å². The molecule has 0 bridgehead atoms. The lowest BCUT2D eigenvalue weighted by atomic mass is 10.2. The highest BCUT2D eigenvalue weighted by molar-refractivity contribution is 5.60. The van der Waals surface area contributed by atoms with Crippen molar-refractivity contribution in [2.45, 2.75) is 13.8 Å². The number of aryl methyl sites for hydroxylation is 2. The highest BCUT2D eigenvalue weighted by Crippen LogP contribution is 2.25. The van der Waals surface area contributed by atoms with Crippen molar-refractivity contribution in [1.82, 2.24) is 0 Å². The molecule has 1 heteroatoms. The second-order valence-corrected chi connectivity index (χ2v) is 2.75. The zero-order valence-electron chi connectivity index (χ0n) is 6.64. The van der Waals surface area contributed by atoms with Crippen LogP contribution in [0, 0.1) is 19.9 Å². The molecular weight excluding hydrogens is 136 g/mol. The summed E-state index contributed by atoms with van der Waals surface area (Å²) in [5, 5.41) is 0. The molecule has 1 aliphatic carbocycles. The van der Waals surface area contributed by atoms with Crippen molar-refractivity contribution in [3.8, 4) is 11.3 Å². The molecule has 2 rings (SSSR count). The Bertz CT molecular complexity index is 313. The normalized spacial score (nSPS) is 10.7. The van der Waals surface area contributed by atoms with E-state index in [0.717, 1.165) is 17.1 Å². The molecule has 1 aliphatic heterocycles. The van der Waals surface area contributed by atoms with Gasteiger partial charge in [0.15, 0.2) is 0 Å². The summed E-state index contributed by atoms with van der Waals surface area (Å²) >= 11 is 0. The monoisotopic (exact) mass is 145 g/mol. The van der Waals surface area contributed by atoms with Crippen molar-refractivity contribution in [1.29, 1.82) is 0 Å². The fourth-order valence-electron chi connectivity index (χ4n) is 1.14. The predicted molar refractivity (Wildman–Crippen MR) is 43.6 cm³/mol. The van der Waals surface area contributed by atoms with Crippen LogP contribution in [0.25, 0.3) is 11.3 Å². The van der Waals surface area contributed by atoms with E-state index in [4.69, 9.17) is 4.42 Å². The van der Waals surface area contributed by atoms with E-state index in [0.29, 0.717) is 0 Å². The highest BCUT2D eigenvalue weighted by atomic mass is 16.3. The minimum atomic E-state index is 0.855. The summed E-state index contributed by atoms with van der Waals surface area (Å²) in [6, 6.07) is 9.02. The van der Waals surface area contributed by atoms with E-state index in [1.807, 2.05) is 26.0 Å². The summed E-state index contributed by atoms with van der Waals surface area (Å²) < 4.78 is 5.48. The van der Waals surface area contributed by atoms with Crippen LogP contribution < -0.4 is 0 Å². The molecule has 2 aliphatic rings. The Hall–Kier alpha value is -1.24. The van der Waals surface area contributed by atoms with Gasteiger partial charge in [-0.15, -0.1) is 0 Å². The zero-order chi connectivity index (χ0) is 7.84. The smallest absolute Gasteiger partial charge is 0.142 e. The van der Waals surface area contributed by atoms with Gasteiger partial charge in [-0.1, -0.05) is 6.07 Å². The fourth-order valence-corrected chi connectivity index (χ4v) is 1.14. The molecule has 55 valence electrons. The van der Waals surface area contributed by atoms with Gasteiger partial charge in [0.2, 0.25) is 0 Å². The summed E-state index contributed by atoms with van der Waals surface area (Å²) in [6.07, 6.45) is 0. The van der Waals surface area contributed by atoms with Crippen molar-refractivity contribution in [3.63, 3.8) is 0 Å².